The van der Waals surface area contributed by atoms with Crippen LogP contribution in [-0.2, 0) is 0 Å². The van der Waals surface area contributed by atoms with Gasteiger partial charge >= 0.3 is 5.97 Å². The van der Waals surface area contributed by atoms with Crippen LogP contribution >= 0.6 is 0 Å². The van der Waals surface area contributed by atoms with E-state index in [-0.39, 0.29) is 5.56 Å². The van der Waals surface area contributed by atoms with Gasteiger partial charge in [-0.2, -0.15) is 0 Å². The number of carboxylic acid groups (broad SMARTS) is 1. The Balaban J connectivity index is 1.42. The Morgan fingerprint density at radius 3 is 1.20 bits per heavy atom. The van der Waals surface area contributed by atoms with E-state index in [1.54, 1.807) is 12.1 Å². The Morgan fingerprint density at radius 2 is 0.870 bits per heavy atom. The maximum atomic E-state index is 11.8. The number of aromatic nitrogens is 4. The first-order chi connectivity index (χ1) is 26.3. The van der Waals surface area contributed by atoms with Gasteiger partial charge < -0.3 is 29.8 Å². The third-order valence-corrected chi connectivity index (χ3v) is 10.4. The van der Waals surface area contributed by atoms with Gasteiger partial charge in [0.05, 0.1) is 28.3 Å². The van der Waals surface area contributed by atoms with Crippen LogP contribution < -0.4 is 0 Å². The predicted octanol–water partition coefficient (Wildman–Crippen LogP) is 8.55. The number of carbonyl (C=O) groups is 1. The minimum Gasteiger partial charge on any atom is -0.478 e. The molecule has 0 fully saturated rings. The van der Waals surface area contributed by atoms with Crippen LogP contribution in [0.3, 0.4) is 0 Å². The Hall–Kier alpha value is -6.87. The van der Waals surface area contributed by atoms with Crippen LogP contribution in [0.5, 0.6) is 0 Å². The first-order valence-electron chi connectivity index (χ1n) is 18.1. The van der Waals surface area contributed by atoms with Crippen molar-refractivity contribution in [2.24, 2.45) is 0 Å². The maximum Gasteiger partial charge on any atom is 0.335 e. The molecule has 9 heteroatoms. The number of likely N-dealkylation sites (N-methyl/N-ethyl adjacent to an activating group) is 3. The summed E-state index contributed by atoms with van der Waals surface area (Å²) in [6.07, 6.45) is 27.8. The van der Waals surface area contributed by atoms with Crippen molar-refractivity contribution in [3.05, 3.63) is 149 Å². The molecule has 4 aromatic rings. The van der Waals surface area contributed by atoms with Crippen LogP contribution in [-0.4, -0.2) is 86.5 Å². The van der Waals surface area contributed by atoms with Crippen molar-refractivity contribution in [3.8, 4) is 11.1 Å². The number of aromatic amines is 2. The second kappa shape index (κ2) is 13.3. The Kier molecular flexibility index (Phi) is 8.11. The molecule has 0 radical (unpaired) electrons. The molecule has 3 N–H and O–H groups in total. The van der Waals surface area contributed by atoms with Crippen LogP contribution in [0.4, 0.5) is 0 Å². The molecule has 9 nitrogen and oxygen atoms in total. The van der Waals surface area contributed by atoms with Crippen molar-refractivity contribution >= 4 is 69.1 Å². The van der Waals surface area contributed by atoms with E-state index in [9.17, 15) is 9.90 Å². The monoisotopic (exact) mass is 709 g/mol. The van der Waals surface area contributed by atoms with Gasteiger partial charge in [-0.15, -0.1) is 0 Å². The fourth-order valence-corrected chi connectivity index (χ4v) is 7.49. The molecule has 54 heavy (non-hydrogen) atoms. The zero-order valence-electron chi connectivity index (χ0n) is 30.3. The van der Waals surface area contributed by atoms with Crippen LogP contribution in [0.2, 0.25) is 0 Å². The first-order valence-corrected chi connectivity index (χ1v) is 18.1. The third kappa shape index (κ3) is 5.99. The number of fused-ring (bicyclic) bond motifs is 8. The fraction of sp³-hybridized carbons (Fsp3) is 0.133. The molecule has 3 aromatic heterocycles. The van der Waals surface area contributed by atoms with Crippen LogP contribution in [0.15, 0.2) is 104 Å². The second-order valence-electron chi connectivity index (χ2n) is 14.1. The van der Waals surface area contributed by atoms with Gasteiger partial charge in [-0.1, -0.05) is 30.4 Å². The summed E-state index contributed by atoms with van der Waals surface area (Å²) in [5.41, 5.74) is 15.3. The standard InChI is InChI=1S/C45H39N7O2/c1-50-22-16-29(17-23-50)42-35-10-8-33(46-35)41(28-4-6-32(7-5-28)45(53)54)34-9-11-36(47-34)43(30-18-24-51(2)25-19-30)38-13-15-40(49-38)44(39-14-12-37(42)48-39)31-20-26-52(3)27-21-31/h4-22,24,26,46,49H,23,25,27H2,1-3H3,(H,53,54). The second-order valence-corrected chi connectivity index (χ2v) is 14.1. The number of carboxylic acids is 1. The molecule has 0 spiro atoms. The van der Waals surface area contributed by atoms with Gasteiger partial charge in [0.15, 0.2) is 0 Å². The van der Waals surface area contributed by atoms with Crippen molar-refractivity contribution in [1.29, 1.82) is 0 Å². The quantitative estimate of drug-likeness (QED) is 0.165. The summed E-state index contributed by atoms with van der Waals surface area (Å²) in [5.74, 6) is -0.965. The number of hydrogen-bond acceptors (Lipinski definition) is 6. The van der Waals surface area contributed by atoms with Gasteiger partial charge in [-0.25, -0.2) is 14.8 Å². The topological polar surface area (TPSA) is 104 Å². The number of allylic oxidation sites excluding steroid dienone is 6. The van der Waals surface area contributed by atoms with Gasteiger partial charge in [-0.05, 0) is 120 Å². The van der Waals surface area contributed by atoms with Gasteiger partial charge in [0, 0.05) is 85.1 Å². The molecule has 8 heterocycles. The van der Waals surface area contributed by atoms with Crippen LogP contribution in [0.25, 0.3) is 74.2 Å². The van der Waals surface area contributed by atoms with Gasteiger partial charge in [-0.3, -0.25) is 0 Å². The van der Waals surface area contributed by atoms with Gasteiger partial charge in [0.2, 0.25) is 0 Å². The molecule has 0 unspecified atom stereocenters. The van der Waals surface area contributed by atoms with Gasteiger partial charge in [0.25, 0.3) is 0 Å². The highest BCUT2D eigenvalue weighted by Gasteiger charge is 2.21. The molecule has 5 aliphatic heterocycles. The summed E-state index contributed by atoms with van der Waals surface area (Å²) in [6, 6.07) is 15.5. The molecule has 0 saturated carbocycles. The van der Waals surface area contributed by atoms with E-state index in [0.29, 0.717) is 0 Å². The normalized spacial score (nSPS) is 16.2. The predicted molar refractivity (Wildman–Crippen MR) is 220 cm³/mol. The van der Waals surface area contributed by atoms with E-state index in [0.717, 1.165) is 109 Å². The van der Waals surface area contributed by atoms with Gasteiger partial charge in [0.1, 0.15) is 0 Å². The smallest absolute Gasteiger partial charge is 0.335 e. The fourth-order valence-electron chi connectivity index (χ4n) is 7.49. The molecular weight excluding hydrogens is 671 g/mol. The Bertz CT molecular complexity index is 2630. The van der Waals surface area contributed by atoms with E-state index < -0.39 is 5.97 Å². The number of rotatable bonds is 5. The van der Waals surface area contributed by atoms with E-state index in [1.165, 1.54) is 0 Å². The number of benzene rings is 1. The number of nitrogens with zero attached hydrogens (tertiary/aromatic N) is 5. The third-order valence-electron chi connectivity index (χ3n) is 10.4. The largest absolute Gasteiger partial charge is 0.478 e. The lowest BCUT2D eigenvalue weighted by Crippen LogP contribution is -2.13. The molecule has 9 rings (SSSR count). The maximum absolute atomic E-state index is 11.8. The Labute approximate surface area is 313 Å². The number of hydrogen-bond donors (Lipinski definition) is 3. The summed E-state index contributed by atoms with van der Waals surface area (Å²) in [6.45, 7) is 2.35. The summed E-state index contributed by atoms with van der Waals surface area (Å²) >= 11 is 0. The molecule has 0 aliphatic carbocycles. The summed E-state index contributed by atoms with van der Waals surface area (Å²) in [4.78, 5) is 36.6. The molecular formula is C45H39N7O2. The lowest BCUT2D eigenvalue weighted by atomic mass is 10.0. The van der Waals surface area contributed by atoms with Crippen molar-refractivity contribution in [1.82, 2.24) is 34.6 Å². The van der Waals surface area contributed by atoms with E-state index in [2.05, 4.69) is 149 Å². The van der Waals surface area contributed by atoms with Crippen LogP contribution in [0, 0.1) is 0 Å². The molecule has 1 aromatic carbocycles. The minimum absolute atomic E-state index is 0.229. The summed E-state index contributed by atoms with van der Waals surface area (Å²) in [5, 5.41) is 9.69. The average Bonchev–Trinajstić information content (AvgIpc) is 4.02. The van der Waals surface area contributed by atoms with E-state index >= 15 is 0 Å². The average molecular weight is 710 g/mol. The summed E-state index contributed by atoms with van der Waals surface area (Å²) < 4.78 is 0. The molecule has 0 amide bonds. The Morgan fingerprint density at radius 1 is 0.519 bits per heavy atom. The molecule has 0 atom stereocenters. The zero-order valence-corrected chi connectivity index (χ0v) is 30.3. The van der Waals surface area contributed by atoms with Crippen molar-refractivity contribution in [2.75, 3.05) is 40.8 Å². The number of nitrogens with one attached hydrogen (secondary N) is 2. The van der Waals surface area contributed by atoms with E-state index in [1.807, 2.05) is 12.1 Å². The lowest BCUT2D eigenvalue weighted by molar-refractivity contribution is 0.0697. The highest BCUT2D eigenvalue weighted by Crippen LogP contribution is 2.37. The molecule has 5 aliphatic rings. The highest BCUT2D eigenvalue weighted by molar-refractivity contribution is 5.99. The zero-order chi connectivity index (χ0) is 36.9. The van der Waals surface area contributed by atoms with Crippen molar-refractivity contribution < 1.29 is 9.90 Å². The molecule has 8 bridgehead atoms. The van der Waals surface area contributed by atoms with E-state index in [4.69, 9.17) is 9.97 Å². The highest BCUT2D eigenvalue weighted by atomic mass is 16.4. The number of aromatic carboxylic acids is 1. The van der Waals surface area contributed by atoms with Crippen LogP contribution in [0.1, 0.15) is 49.8 Å². The SMILES string of the molecule is CN1C=CC(c2c3nc(c(C4=CCN(C)C=C4)c4ccc([nH]4)c(-c4ccc(C(=O)O)cc4)c4nc(c(C5=CCN(C)C=C5)c5ccc2[nH]5)C=C4)C=C3)=CC1. The van der Waals surface area contributed by atoms with Crippen molar-refractivity contribution in [3.63, 3.8) is 0 Å². The van der Waals surface area contributed by atoms with Crippen molar-refractivity contribution in [2.45, 2.75) is 0 Å². The molecule has 0 saturated heterocycles. The minimum atomic E-state index is -0.965. The number of H-pyrrole nitrogens is 2. The lowest BCUT2D eigenvalue weighted by Gasteiger charge is -2.18. The molecule has 266 valence electrons. The summed E-state index contributed by atoms with van der Waals surface area (Å²) in [7, 11) is 6.20. The first kappa shape index (κ1) is 33.0.